The summed E-state index contributed by atoms with van der Waals surface area (Å²) in [6.07, 6.45) is -4.54. The molecule has 0 aromatic rings. The highest BCUT2D eigenvalue weighted by Crippen LogP contribution is 2.26. The van der Waals surface area contributed by atoms with Gasteiger partial charge in [-0.15, -0.1) is 0 Å². The van der Waals surface area contributed by atoms with E-state index in [1.807, 2.05) is 0 Å². The molecule has 0 rings (SSSR count). The summed E-state index contributed by atoms with van der Waals surface area (Å²) in [4.78, 5) is 11.0. The van der Waals surface area contributed by atoms with Gasteiger partial charge in [0.2, 0.25) is 0 Å². The zero-order valence-electron chi connectivity index (χ0n) is 8.25. The van der Waals surface area contributed by atoms with Gasteiger partial charge >= 0.3 is 6.18 Å². The molecule has 0 fully saturated rings. The number of alkyl halides is 3. The highest BCUT2D eigenvalue weighted by atomic mass is 19.4. The van der Waals surface area contributed by atoms with Crippen LogP contribution in [0.15, 0.2) is 23.4 Å². The quantitative estimate of drug-likeness (QED) is 0.692. The summed E-state index contributed by atoms with van der Waals surface area (Å²) >= 11 is 0. The third-order valence-electron chi connectivity index (χ3n) is 1.41. The summed E-state index contributed by atoms with van der Waals surface area (Å²) in [7, 11) is 0. The Morgan fingerprint density at radius 2 is 1.64 bits per heavy atom. The minimum absolute atomic E-state index is 0.00657. The summed E-state index contributed by atoms with van der Waals surface area (Å²) in [5.74, 6) is -0.821. The Hall–Kier alpha value is -1.26. The Morgan fingerprint density at radius 3 is 1.86 bits per heavy atom. The van der Waals surface area contributed by atoms with Gasteiger partial charge in [-0.05, 0) is 26.3 Å². The number of amides is 1. The Labute approximate surface area is 80.5 Å². The molecule has 5 heteroatoms. The van der Waals surface area contributed by atoms with Crippen molar-refractivity contribution in [2.45, 2.75) is 26.9 Å². The molecule has 0 aliphatic heterocycles. The molecule has 0 aliphatic carbocycles. The second kappa shape index (κ2) is 4.30. The molecule has 0 aromatic heterocycles. The van der Waals surface area contributed by atoms with Crippen molar-refractivity contribution in [1.29, 1.82) is 0 Å². The first kappa shape index (κ1) is 12.7. The largest absolute Gasteiger partial charge is 0.431 e. The molecule has 0 spiro atoms. The zero-order valence-corrected chi connectivity index (χ0v) is 8.25. The fraction of sp³-hybridized carbons (Fsp3) is 0.444. The van der Waals surface area contributed by atoms with Crippen molar-refractivity contribution in [1.82, 2.24) is 5.32 Å². The summed E-state index contributed by atoms with van der Waals surface area (Å²) in [5.41, 5.74) is -0.981. The third-order valence-corrected chi connectivity index (χ3v) is 1.41. The fourth-order valence-corrected chi connectivity index (χ4v) is 0.700. The van der Waals surface area contributed by atoms with E-state index in [9.17, 15) is 18.0 Å². The van der Waals surface area contributed by atoms with Crippen molar-refractivity contribution in [3.63, 3.8) is 0 Å². The van der Waals surface area contributed by atoms with E-state index in [2.05, 4.69) is 6.58 Å². The molecule has 0 saturated carbocycles. The van der Waals surface area contributed by atoms with Gasteiger partial charge in [0.05, 0.1) is 0 Å². The number of carbonyl (C=O) groups is 1. The number of carbonyl (C=O) groups excluding carboxylic acids is 1. The molecule has 2 nitrogen and oxygen atoms in total. The first-order chi connectivity index (χ1) is 6.16. The maximum atomic E-state index is 12.3. The van der Waals surface area contributed by atoms with E-state index in [-0.39, 0.29) is 11.1 Å². The third kappa shape index (κ3) is 3.64. The highest BCUT2D eigenvalue weighted by molar-refractivity contribution is 5.93. The van der Waals surface area contributed by atoms with Crippen LogP contribution in [0.3, 0.4) is 0 Å². The molecule has 0 saturated heterocycles. The molecule has 0 unspecified atom stereocenters. The summed E-state index contributed by atoms with van der Waals surface area (Å²) in [6.45, 7) is 7.15. The number of allylic oxidation sites excluding steroid dienone is 2. The van der Waals surface area contributed by atoms with Crippen LogP contribution in [0, 0.1) is 0 Å². The molecule has 0 aliphatic rings. The van der Waals surface area contributed by atoms with Crippen LogP contribution in [0.4, 0.5) is 13.2 Å². The van der Waals surface area contributed by atoms with E-state index in [0.29, 0.717) is 0 Å². The SMILES string of the molecule is C=C(C)C(=O)NC(=C(C)C)C(F)(F)F. The van der Waals surface area contributed by atoms with Crippen molar-refractivity contribution in [2.75, 3.05) is 0 Å². The lowest BCUT2D eigenvalue weighted by Crippen LogP contribution is -2.32. The van der Waals surface area contributed by atoms with E-state index in [4.69, 9.17) is 0 Å². The predicted molar refractivity (Wildman–Crippen MR) is 47.4 cm³/mol. The second-order valence-corrected chi connectivity index (χ2v) is 3.11. The summed E-state index contributed by atoms with van der Waals surface area (Å²) in [6, 6.07) is 0. The zero-order chi connectivity index (χ0) is 11.5. The van der Waals surface area contributed by atoms with Crippen LogP contribution in [-0.2, 0) is 4.79 Å². The lowest BCUT2D eigenvalue weighted by atomic mass is 10.2. The van der Waals surface area contributed by atoms with E-state index in [1.165, 1.54) is 20.8 Å². The van der Waals surface area contributed by atoms with Crippen molar-refractivity contribution >= 4 is 5.91 Å². The maximum Gasteiger partial charge on any atom is 0.431 e. The van der Waals surface area contributed by atoms with Crippen molar-refractivity contribution < 1.29 is 18.0 Å². The Bertz CT molecular complexity index is 285. The topological polar surface area (TPSA) is 29.1 Å². The van der Waals surface area contributed by atoms with E-state index < -0.39 is 17.8 Å². The first-order valence-electron chi connectivity index (χ1n) is 3.87. The molecule has 0 aromatic carbocycles. The molecular formula is C9H12F3NO. The Kier molecular flexibility index (Phi) is 3.92. The van der Waals surface area contributed by atoms with Crippen LogP contribution >= 0.6 is 0 Å². The smallest absolute Gasteiger partial charge is 0.318 e. The van der Waals surface area contributed by atoms with Crippen LogP contribution in [0.5, 0.6) is 0 Å². The lowest BCUT2D eigenvalue weighted by Gasteiger charge is -2.14. The maximum absolute atomic E-state index is 12.3. The minimum atomic E-state index is -4.54. The first-order valence-corrected chi connectivity index (χ1v) is 3.87. The predicted octanol–water partition coefficient (Wildman–Crippen LogP) is 2.53. The number of hydrogen-bond acceptors (Lipinski definition) is 1. The number of nitrogens with one attached hydrogen (secondary N) is 1. The van der Waals surface area contributed by atoms with Gasteiger partial charge in [0, 0.05) is 5.57 Å². The van der Waals surface area contributed by atoms with Crippen molar-refractivity contribution in [3.05, 3.63) is 23.4 Å². The highest BCUT2D eigenvalue weighted by Gasteiger charge is 2.35. The van der Waals surface area contributed by atoms with Gasteiger partial charge in [0.15, 0.2) is 0 Å². The van der Waals surface area contributed by atoms with Crippen LogP contribution < -0.4 is 5.32 Å². The standard InChI is InChI=1S/C9H12F3NO/c1-5(2)7(9(10,11)12)13-8(14)6(3)4/h3H2,1-2,4H3,(H,13,14). The van der Waals surface area contributed by atoms with Gasteiger partial charge in [-0.3, -0.25) is 4.79 Å². The molecule has 1 N–H and O–H groups in total. The Balaban J connectivity index is 4.86. The van der Waals surface area contributed by atoms with Crippen LogP contribution in [0.25, 0.3) is 0 Å². The van der Waals surface area contributed by atoms with E-state index >= 15 is 0 Å². The lowest BCUT2D eigenvalue weighted by molar-refractivity contribution is -0.123. The Morgan fingerprint density at radius 1 is 1.21 bits per heavy atom. The molecule has 0 bridgehead atoms. The molecule has 14 heavy (non-hydrogen) atoms. The van der Waals surface area contributed by atoms with Crippen LogP contribution in [0.1, 0.15) is 20.8 Å². The van der Waals surface area contributed by atoms with Crippen LogP contribution in [-0.4, -0.2) is 12.1 Å². The molecule has 80 valence electrons. The molecule has 0 atom stereocenters. The van der Waals surface area contributed by atoms with Gasteiger partial charge in [0.1, 0.15) is 5.70 Å². The van der Waals surface area contributed by atoms with E-state index in [1.54, 1.807) is 5.32 Å². The van der Waals surface area contributed by atoms with Gasteiger partial charge in [0.25, 0.3) is 5.91 Å². The molecular weight excluding hydrogens is 195 g/mol. The number of halogens is 3. The average Bonchev–Trinajstić information content (AvgIpc) is 1.96. The van der Waals surface area contributed by atoms with Crippen molar-refractivity contribution in [2.24, 2.45) is 0 Å². The summed E-state index contributed by atoms with van der Waals surface area (Å²) in [5, 5.41) is 1.77. The van der Waals surface area contributed by atoms with Crippen molar-refractivity contribution in [3.8, 4) is 0 Å². The molecule has 0 heterocycles. The second-order valence-electron chi connectivity index (χ2n) is 3.11. The van der Waals surface area contributed by atoms with E-state index in [0.717, 1.165) is 0 Å². The summed E-state index contributed by atoms with van der Waals surface area (Å²) < 4.78 is 36.9. The van der Waals surface area contributed by atoms with Crippen LogP contribution in [0.2, 0.25) is 0 Å². The monoisotopic (exact) mass is 207 g/mol. The molecule has 0 radical (unpaired) electrons. The number of hydrogen-bond donors (Lipinski definition) is 1. The van der Waals surface area contributed by atoms with Gasteiger partial charge < -0.3 is 5.32 Å². The normalized spacial score (nSPS) is 10.7. The fourth-order valence-electron chi connectivity index (χ4n) is 0.700. The minimum Gasteiger partial charge on any atom is -0.318 e. The van der Waals surface area contributed by atoms with Gasteiger partial charge in [-0.25, -0.2) is 0 Å². The molecule has 1 amide bonds. The van der Waals surface area contributed by atoms with Gasteiger partial charge in [-0.1, -0.05) is 6.58 Å². The number of rotatable bonds is 2. The van der Waals surface area contributed by atoms with Gasteiger partial charge in [-0.2, -0.15) is 13.2 Å². The average molecular weight is 207 g/mol.